The first kappa shape index (κ1) is 13.4. The van der Waals surface area contributed by atoms with E-state index in [1.54, 1.807) is 0 Å². The van der Waals surface area contributed by atoms with Crippen LogP contribution in [-0.4, -0.2) is 17.7 Å². The molecule has 1 aliphatic rings. The Labute approximate surface area is 111 Å². The summed E-state index contributed by atoms with van der Waals surface area (Å²) in [5, 5.41) is 10.2. The number of piperidine rings is 1. The van der Waals surface area contributed by atoms with Crippen LogP contribution in [0.5, 0.6) is 0 Å². The van der Waals surface area contributed by atoms with Crippen molar-refractivity contribution in [2.75, 3.05) is 11.4 Å². The Balaban J connectivity index is 2.32. The lowest BCUT2D eigenvalue weighted by Crippen LogP contribution is -2.43. The molecule has 0 amide bonds. The van der Waals surface area contributed by atoms with E-state index in [4.69, 9.17) is 0 Å². The maximum Gasteiger partial charge on any atom is 0.0807 e. The summed E-state index contributed by atoms with van der Waals surface area (Å²) in [7, 11) is 0. The molecule has 0 bridgehead atoms. The summed E-state index contributed by atoms with van der Waals surface area (Å²) < 4.78 is 0. The average Bonchev–Trinajstić information content (AvgIpc) is 2.41. The van der Waals surface area contributed by atoms with Crippen molar-refractivity contribution in [3.8, 4) is 0 Å². The van der Waals surface area contributed by atoms with Gasteiger partial charge in [-0.05, 0) is 38.2 Å². The maximum absolute atomic E-state index is 10.2. The zero-order chi connectivity index (χ0) is 13.1. The Bertz CT molecular complexity index is 390. The number of rotatable bonds is 3. The second-order valence-corrected chi connectivity index (χ2v) is 5.54. The number of aliphatic hydroxyl groups is 1. The van der Waals surface area contributed by atoms with E-state index in [9.17, 15) is 5.11 Å². The number of para-hydroxylation sites is 1. The number of aliphatic hydroxyl groups excluding tert-OH is 1. The summed E-state index contributed by atoms with van der Waals surface area (Å²) in [6, 6.07) is 8.88. The van der Waals surface area contributed by atoms with Crippen LogP contribution in [0.1, 0.15) is 51.7 Å². The van der Waals surface area contributed by atoms with Gasteiger partial charge in [-0.15, -0.1) is 0 Å². The second kappa shape index (κ2) is 5.75. The fraction of sp³-hybridized carbons (Fsp3) is 0.625. The zero-order valence-corrected chi connectivity index (χ0v) is 11.8. The zero-order valence-electron chi connectivity index (χ0n) is 11.8. The normalized spacial score (nSPS) is 26.1. The molecule has 2 unspecified atom stereocenters. The molecule has 2 rings (SSSR count). The summed E-state index contributed by atoms with van der Waals surface area (Å²) in [4.78, 5) is 2.47. The Kier molecular flexibility index (Phi) is 4.28. The van der Waals surface area contributed by atoms with Crippen LogP contribution in [0, 0.1) is 5.92 Å². The summed E-state index contributed by atoms with van der Waals surface area (Å²) in [6.45, 7) is 7.78. The van der Waals surface area contributed by atoms with E-state index in [0.29, 0.717) is 6.04 Å². The average molecular weight is 247 g/mol. The second-order valence-electron chi connectivity index (χ2n) is 5.54. The van der Waals surface area contributed by atoms with Crippen LogP contribution < -0.4 is 4.90 Å². The number of hydrogen-bond donors (Lipinski definition) is 1. The molecule has 1 fully saturated rings. The van der Waals surface area contributed by atoms with Gasteiger partial charge in [0.15, 0.2) is 0 Å². The summed E-state index contributed by atoms with van der Waals surface area (Å²) >= 11 is 0. The van der Waals surface area contributed by atoms with Gasteiger partial charge in [0.25, 0.3) is 0 Å². The van der Waals surface area contributed by atoms with Crippen LogP contribution in [0.15, 0.2) is 24.3 Å². The Hall–Kier alpha value is -1.02. The van der Waals surface area contributed by atoms with Gasteiger partial charge in [0.05, 0.1) is 6.10 Å². The molecule has 1 aliphatic heterocycles. The number of hydrogen-bond acceptors (Lipinski definition) is 2. The molecule has 2 heteroatoms. The van der Waals surface area contributed by atoms with Gasteiger partial charge in [0, 0.05) is 23.8 Å². The Morgan fingerprint density at radius 3 is 2.78 bits per heavy atom. The van der Waals surface area contributed by atoms with Gasteiger partial charge in [0.1, 0.15) is 0 Å². The van der Waals surface area contributed by atoms with E-state index in [1.165, 1.54) is 18.5 Å². The van der Waals surface area contributed by atoms with E-state index in [2.05, 4.69) is 36.9 Å². The van der Waals surface area contributed by atoms with Crippen molar-refractivity contribution in [3.63, 3.8) is 0 Å². The van der Waals surface area contributed by atoms with Crippen molar-refractivity contribution in [2.24, 2.45) is 5.92 Å². The van der Waals surface area contributed by atoms with Crippen molar-refractivity contribution in [2.45, 2.75) is 52.2 Å². The van der Waals surface area contributed by atoms with Crippen LogP contribution in [0.2, 0.25) is 0 Å². The lowest BCUT2D eigenvalue weighted by atomic mass is 9.90. The van der Waals surface area contributed by atoms with Crippen LogP contribution in [0.4, 0.5) is 5.69 Å². The molecule has 1 heterocycles. The minimum Gasteiger partial charge on any atom is -0.388 e. The fourth-order valence-electron chi connectivity index (χ4n) is 2.93. The van der Waals surface area contributed by atoms with E-state index in [1.807, 2.05) is 13.0 Å². The quantitative estimate of drug-likeness (QED) is 0.879. The first-order valence-corrected chi connectivity index (χ1v) is 7.18. The third-order valence-corrected chi connectivity index (χ3v) is 4.37. The van der Waals surface area contributed by atoms with Gasteiger partial charge in [-0.3, -0.25) is 0 Å². The molecule has 0 radical (unpaired) electrons. The van der Waals surface area contributed by atoms with Crippen LogP contribution in [-0.2, 0) is 0 Å². The monoisotopic (exact) mass is 247 g/mol. The number of benzene rings is 1. The van der Waals surface area contributed by atoms with Crippen molar-refractivity contribution < 1.29 is 5.11 Å². The molecule has 1 N–H and O–H groups in total. The van der Waals surface area contributed by atoms with E-state index < -0.39 is 0 Å². The van der Waals surface area contributed by atoms with Crippen LogP contribution in [0.3, 0.4) is 0 Å². The number of nitrogens with zero attached hydrogens (tertiary/aromatic N) is 1. The predicted octanol–water partition coefficient (Wildman–Crippen LogP) is 3.75. The topological polar surface area (TPSA) is 23.5 Å². The summed E-state index contributed by atoms with van der Waals surface area (Å²) in [6.07, 6.45) is 3.00. The molecule has 1 aromatic carbocycles. The van der Waals surface area contributed by atoms with Crippen molar-refractivity contribution in [1.82, 2.24) is 0 Å². The highest BCUT2D eigenvalue weighted by molar-refractivity contribution is 5.55. The van der Waals surface area contributed by atoms with Gasteiger partial charge >= 0.3 is 0 Å². The highest BCUT2D eigenvalue weighted by Crippen LogP contribution is 2.34. The minimum atomic E-state index is -0.342. The van der Waals surface area contributed by atoms with Gasteiger partial charge in [-0.25, -0.2) is 0 Å². The molecule has 2 nitrogen and oxygen atoms in total. The molecular formula is C16H25NO. The first-order chi connectivity index (χ1) is 8.65. The highest BCUT2D eigenvalue weighted by atomic mass is 16.3. The van der Waals surface area contributed by atoms with E-state index >= 15 is 0 Å². The van der Waals surface area contributed by atoms with E-state index in [-0.39, 0.29) is 6.10 Å². The fourth-order valence-corrected chi connectivity index (χ4v) is 2.93. The molecule has 3 atom stereocenters. The smallest absolute Gasteiger partial charge is 0.0807 e. The lowest BCUT2D eigenvalue weighted by Gasteiger charge is -2.41. The van der Waals surface area contributed by atoms with Gasteiger partial charge in [-0.2, -0.15) is 0 Å². The van der Waals surface area contributed by atoms with Crippen LogP contribution in [0.25, 0.3) is 0 Å². The van der Waals surface area contributed by atoms with Crippen molar-refractivity contribution in [3.05, 3.63) is 29.8 Å². The summed E-state index contributed by atoms with van der Waals surface area (Å²) in [5.41, 5.74) is 2.31. The predicted molar refractivity (Wildman–Crippen MR) is 76.9 cm³/mol. The molecular weight excluding hydrogens is 222 g/mol. The SMILES string of the molecule is CC[C@@H](O)c1ccccc1N1CCCC(C)C1C. The molecule has 1 saturated heterocycles. The molecule has 0 spiro atoms. The molecule has 0 aliphatic carbocycles. The Morgan fingerprint density at radius 2 is 2.06 bits per heavy atom. The Morgan fingerprint density at radius 1 is 1.33 bits per heavy atom. The van der Waals surface area contributed by atoms with E-state index in [0.717, 1.165) is 24.4 Å². The van der Waals surface area contributed by atoms with Gasteiger partial charge in [0.2, 0.25) is 0 Å². The van der Waals surface area contributed by atoms with Crippen molar-refractivity contribution in [1.29, 1.82) is 0 Å². The largest absolute Gasteiger partial charge is 0.388 e. The lowest BCUT2D eigenvalue weighted by molar-refractivity contribution is 0.173. The highest BCUT2D eigenvalue weighted by Gasteiger charge is 2.27. The van der Waals surface area contributed by atoms with Crippen molar-refractivity contribution >= 4 is 5.69 Å². The third kappa shape index (κ3) is 2.54. The molecule has 0 aromatic heterocycles. The van der Waals surface area contributed by atoms with Gasteiger partial charge in [-0.1, -0.05) is 32.0 Å². The minimum absolute atomic E-state index is 0.342. The standard InChI is InChI=1S/C16H25NO/c1-4-16(18)14-9-5-6-10-15(14)17-11-7-8-12(2)13(17)3/h5-6,9-10,12-13,16,18H,4,7-8,11H2,1-3H3/t12?,13?,16-/m1/s1. The first-order valence-electron chi connectivity index (χ1n) is 7.18. The maximum atomic E-state index is 10.2. The molecule has 1 aromatic rings. The van der Waals surface area contributed by atoms with Crippen LogP contribution >= 0.6 is 0 Å². The molecule has 100 valence electrons. The molecule has 0 saturated carbocycles. The number of anilines is 1. The molecule has 18 heavy (non-hydrogen) atoms. The van der Waals surface area contributed by atoms with Gasteiger partial charge < -0.3 is 10.0 Å². The third-order valence-electron chi connectivity index (χ3n) is 4.37. The summed E-state index contributed by atoms with van der Waals surface area (Å²) in [5.74, 6) is 0.727.